The number of likely N-dealkylation sites (tertiary alicyclic amines) is 1. The van der Waals surface area contributed by atoms with Crippen molar-refractivity contribution in [2.24, 2.45) is 5.92 Å². The van der Waals surface area contributed by atoms with Gasteiger partial charge in [-0.05, 0) is 52.0 Å². The Bertz CT molecular complexity index is 261. The van der Waals surface area contributed by atoms with Gasteiger partial charge in [0.1, 0.15) is 0 Å². The first-order valence-corrected chi connectivity index (χ1v) is 7.16. The van der Waals surface area contributed by atoms with Crippen LogP contribution in [0.5, 0.6) is 0 Å². The molecule has 3 atom stereocenters. The Morgan fingerprint density at radius 1 is 1.12 bits per heavy atom. The lowest BCUT2D eigenvalue weighted by molar-refractivity contribution is 0.137. The second-order valence-electron chi connectivity index (χ2n) is 6.76. The van der Waals surface area contributed by atoms with Crippen LogP contribution in [-0.4, -0.2) is 35.6 Å². The third-order valence-electron chi connectivity index (χ3n) is 5.08. The minimum atomic E-state index is 0.372. The molecule has 16 heavy (non-hydrogen) atoms. The van der Waals surface area contributed by atoms with Gasteiger partial charge in [-0.15, -0.1) is 0 Å². The van der Waals surface area contributed by atoms with Gasteiger partial charge in [-0.2, -0.15) is 0 Å². The number of hydrogen-bond donors (Lipinski definition) is 1. The second-order valence-corrected chi connectivity index (χ2v) is 6.76. The molecule has 0 aromatic heterocycles. The first-order chi connectivity index (χ1) is 7.66. The molecule has 92 valence electrons. The van der Waals surface area contributed by atoms with E-state index in [4.69, 9.17) is 0 Å². The van der Waals surface area contributed by atoms with Crippen molar-refractivity contribution in [1.29, 1.82) is 0 Å². The normalized spacial score (nSPS) is 43.5. The van der Waals surface area contributed by atoms with Gasteiger partial charge >= 0.3 is 0 Å². The van der Waals surface area contributed by atoms with Crippen LogP contribution in [0.15, 0.2) is 0 Å². The molecule has 1 N–H and O–H groups in total. The van der Waals surface area contributed by atoms with Crippen molar-refractivity contribution >= 4 is 0 Å². The zero-order chi connectivity index (χ0) is 11.2. The zero-order valence-corrected chi connectivity index (χ0v) is 10.8. The van der Waals surface area contributed by atoms with E-state index in [1.807, 2.05) is 0 Å². The van der Waals surface area contributed by atoms with Crippen molar-refractivity contribution in [2.45, 2.75) is 70.0 Å². The lowest BCUT2D eigenvalue weighted by Gasteiger charge is -2.35. The van der Waals surface area contributed by atoms with Gasteiger partial charge in [-0.1, -0.05) is 12.8 Å². The average molecular weight is 222 g/mol. The van der Waals surface area contributed by atoms with Crippen LogP contribution in [0.3, 0.4) is 0 Å². The summed E-state index contributed by atoms with van der Waals surface area (Å²) in [5.74, 6) is 1.04. The topological polar surface area (TPSA) is 15.3 Å². The van der Waals surface area contributed by atoms with Crippen LogP contribution in [0.4, 0.5) is 0 Å². The molecule has 3 fully saturated rings. The summed E-state index contributed by atoms with van der Waals surface area (Å²) in [7, 11) is 0. The summed E-state index contributed by atoms with van der Waals surface area (Å²) in [6.07, 6.45) is 8.76. The van der Waals surface area contributed by atoms with E-state index in [-0.39, 0.29) is 0 Å². The number of hydrogen-bond acceptors (Lipinski definition) is 2. The lowest BCUT2D eigenvalue weighted by Crippen LogP contribution is -2.43. The minimum absolute atomic E-state index is 0.372. The highest BCUT2D eigenvalue weighted by Gasteiger charge is 2.42. The van der Waals surface area contributed by atoms with Crippen LogP contribution in [0.1, 0.15) is 52.4 Å². The van der Waals surface area contributed by atoms with E-state index in [0.717, 1.165) is 18.0 Å². The van der Waals surface area contributed by atoms with Crippen molar-refractivity contribution in [1.82, 2.24) is 10.2 Å². The van der Waals surface area contributed by atoms with Crippen LogP contribution < -0.4 is 5.32 Å². The molecule has 2 heteroatoms. The first kappa shape index (κ1) is 11.0. The van der Waals surface area contributed by atoms with E-state index in [1.54, 1.807) is 0 Å². The van der Waals surface area contributed by atoms with Gasteiger partial charge < -0.3 is 5.32 Å². The predicted molar refractivity (Wildman–Crippen MR) is 67.6 cm³/mol. The standard InChI is InChI=1S/C14H26N2/c1-14(2)9-12(10-15-14)16-8-7-11-5-3-4-6-13(11)16/h11-13,15H,3-10H2,1-2H3. The number of fused-ring (bicyclic) bond motifs is 1. The Labute approximate surface area is 99.8 Å². The highest BCUT2D eigenvalue weighted by Crippen LogP contribution is 2.39. The summed E-state index contributed by atoms with van der Waals surface area (Å²) < 4.78 is 0. The maximum atomic E-state index is 3.68. The molecule has 2 aliphatic heterocycles. The van der Waals surface area contributed by atoms with Crippen molar-refractivity contribution < 1.29 is 0 Å². The smallest absolute Gasteiger partial charge is 0.0241 e. The monoisotopic (exact) mass is 222 g/mol. The molecule has 0 aromatic carbocycles. The predicted octanol–water partition coefficient (Wildman–Crippen LogP) is 2.39. The SMILES string of the molecule is CC1(C)CC(N2CCC3CCCCC32)CN1. The van der Waals surface area contributed by atoms with Gasteiger partial charge in [-0.3, -0.25) is 4.90 Å². The van der Waals surface area contributed by atoms with Gasteiger partial charge in [0.25, 0.3) is 0 Å². The third-order valence-corrected chi connectivity index (χ3v) is 5.08. The van der Waals surface area contributed by atoms with Crippen LogP contribution in [0.25, 0.3) is 0 Å². The molecular weight excluding hydrogens is 196 g/mol. The molecule has 0 amide bonds. The number of rotatable bonds is 1. The summed E-state index contributed by atoms with van der Waals surface area (Å²) in [5, 5.41) is 3.68. The lowest BCUT2D eigenvalue weighted by atomic mass is 9.85. The molecule has 3 aliphatic rings. The molecule has 2 heterocycles. The van der Waals surface area contributed by atoms with E-state index in [2.05, 4.69) is 24.1 Å². The average Bonchev–Trinajstić information content (AvgIpc) is 2.81. The van der Waals surface area contributed by atoms with Gasteiger partial charge in [-0.25, -0.2) is 0 Å². The van der Waals surface area contributed by atoms with Gasteiger partial charge in [0.15, 0.2) is 0 Å². The van der Waals surface area contributed by atoms with Gasteiger partial charge in [0, 0.05) is 24.2 Å². The second kappa shape index (κ2) is 3.99. The van der Waals surface area contributed by atoms with Gasteiger partial charge in [0.2, 0.25) is 0 Å². The Hall–Kier alpha value is -0.0800. The minimum Gasteiger partial charge on any atom is -0.310 e. The highest BCUT2D eigenvalue weighted by molar-refractivity contribution is 5.00. The Morgan fingerprint density at radius 3 is 2.69 bits per heavy atom. The molecule has 0 spiro atoms. The van der Waals surface area contributed by atoms with E-state index in [9.17, 15) is 0 Å². The molecule has 0 aromatic rings. The van der Waals surface area contributed by atoms with Crippen molar-refractivity contribution in [3.05, 3.63) is 0 Å². The molecule has 0 bridgehead atoms. The maximum Gasteiger partial charge on any atom is 0.0241 e. The first-order valence-electron chi connectivity index (χ1n) is 7.16. The molecular formula is C14H26N2. The zero-order valence-electron chi connectivity index (χ0n) is 10.8. The number of nitrogens with zero attached hydrogens (tertiary/aromatic N) is 1. The largest absolute Gasteiger partial charge is 0.310 e. The molecule has 2 saturated heterocycles. The van der Waals surface area contributed by atoms with E-state index < -0.39 is 0 Å². The van der Waals surface area contributed by atoms with E-state index in [0.29, 0.717) is 5.54 Å². The Kier molecular flexibility index (Phi) is 2.75. The molecule has 3 rings (SSSR count). The molecule has 3 unspecified atom stereocenters. The van der Waals surface area contributed by atoms with Crippen LogP contribution in [-0.2, 0) is 0 Å². The Morgan fingerprint density at radius 2 is 1.94 bits per heavy atom. The quantitative estimate of drug-likeness (QED) is 0.733. The van der Waals surface area contributed by atoms with E-state index in [1.165, 1.54) is 51.6 Å². The molecule has 2 nitrogen and oxygen atoms in total. The maximum absolute atomic E-state index is 3.68. The summed E-state index contributed by atoms with van der Waals surface area (Å²) >= 11 is 0. The van der Waals surface area contributed by atoms with Crippen LogP contribution in [0, 0.1) is 5.92 Å². The fourth-order valence-corrected chi connectivity index (χ4v) is 4.26. The summed E-state index contributed by atoms with van der Waals surface area (Å²) in [4.78, 5) is 2.85. The fourth-order valence-electron chi connectivity index (χ4n) is 4.26. The summed E-state index contributed by atoms with van der Waals surface area (Å²) in [6, 6.07) is 1.76. The van der Waals surface area contributed by atoms with Crippen molar-refractivity contribution in [3.8, 4) is 0 Å². The summed E-state index contributed by atoms with van der Waals surface area (Å²) in [6.45, 7) is 7.29. The Balaban J connectivity index is 1.67. The van der Waals surface area contributed by atoms with Crippen molar-refractivity contribution in [3.63, 3.8) is 0 Å². The van der Waals surface area contributed by atoms with E-state index >= 15 is 0 Å². The van der Waals surface area contributed by atoms with Crippen LogP contribution in [0.2, 0.25) is 0 Å². The van der Waals surface area contributed by atoms with Crippen LogP contribution >= 0.6 is 0 Å². The molecule has 1 saturated carbocycles. The molecule has 1 aliphatic carbocycles. The highest BCUT2D eigenvalue weighted by atomic mass is 15.3. The third kappa shape index (κ3) is 1.91. The molecule has 0 radical (unpaired) electrons. The van der Waals surface area contributed by atoms with Crippen molar-refractivity contribution in [2.75, 3.05) is 13.1 Å². The summed E-state index contributed by atoms with van der Waals surface area (Å²) in [5.41, 5.74) is 0.372. The number of nitrogens with one attached hydrogen (secondary N) is 1. The fraction of sp³-hybridized carbons (Fsp3) is 1.00. The van der Waals surface area contributed by atoms with Gasteiger partial charge in [0.05, 0.1) is 0 Å².